The largest absolute Gasteiger partial charge is 0.335 e. The van der Waals surface area contributed by atoms with E-state index in [1.165, 1.54) is 23.5 Å². The maximum Gasteiger partial charge on any atom is 0.259 e. The number of fused-ring (bicyclic) bond motifs is 1. The topological polar surface area (TPSA) is 102 Å². The van der Waals surface area contributed by atoms with Crippen LogP contribution in [-0.4, -0.2) is 30.7 Å². The van der Waals surface area contributed by atoms with Gasteiger partial charge in [0.15, 0.2) is 9.84 Å². The van der Waals surface area contributed by atoms with Gasteiger partial charge in [0.25, 0.3) is 11.6 Å². The molecule has 4 aromatic rings. The zero-order valence-electron chi connectivity index (χ0n) is 16.0. The van der Waals surface area contributed by atoms with E-state index in [-0.39, 0.29) is 10.8 Å². The monoisotopic (exact) mass is 439 g/mol. The Morgan fingerprint density at radius 3 is 2.60 bits per heavy atom. The van der Waals surface area contributed by atoms with Crippen molar-refractivity contribution in [3.63, 3.8) is 0 Å². The van der Waals surface area contributed by atoms with Gasteiger partial charge < -0.3 is 9.84 Å². The van der Waals surface area contributed by atoms with Crippen LogP contribution < -0.4 is 5.32 Å². The first kappa shape index (κ1) is 19.0. The second-order valence-corrected chi connectivity index (χ2v) is 10.3. The van der Waals surface area contributed by atoms with Crippen LogP contribution in [0.5, 0.6) is 0 Å². The molecule has 1 aliphatic carbocycles. The zero-order valence-corrected chi connectivity index (χ0v) is 17.6. The molecule has 0 bridgehead atoms. The van der Waals surface area contributed by atoms with Gasteiger partial charge in [0.05, 0.1) is 32.1 Å². The summed E-state index contributed by atoms with van der Waals surface area (Å²) in [6.07, 6.45) is 3.18. The van der Waals surface area contributed by atoms with Crippen molar-refractivity contribution in [2.75, 3.05) is 11.6 Å². The van der Waals surface area contributed by atoms with Crippen LogP contribution in [0.1, 0.15) is 34.8 Å². The van der Waals surface area contributed by atoms with Gasteiger partial charge in [-0.15, -0.1) is 11.3 Å². The number of pyridine rings is 1. The second kappa shape index (κ2) is 7.03. The number of sulfone groups is 1. The summed E-state index contributed by atoms with van der Waals surface area (Å²) in [6, 6.07) is 11.7. The quantitative estimate of drug-likeness (QED) is 0.492. The van der Waals surface area contributed by atoms with Crippen molar-refractivity contribution < 1.29 is 17.7 Å². The van der Waals surface area contributed by atoms with Gasteiger partial charge in [-0.2, -0.15) is 0 Å². The molecular weight excluding hydrogens is 422 g/mol. The number of amides is 1. The van der Waals surface area contributed by atoms with Crippen molar-refractivity contribution in [1.29, 1.82) is 0 Å². The second-order valence-electron chi connectivity index (χ2n) is 7.31. The van der Waals surface area contributed by atoms with Crippen LogP contribution in [0.3, 0.4) is 0 Å². The highest BCUT2D eigenvalue weighted by atomic mass is 32.2. The Morgan fingerprint density at radius 2 is 1.97 bits per heavy atom. The summed E-state index contributed by atoms with van der Waals surface area (Å²) in [5, 5.41) is 9.62. The number of carbonyl (C=O) groups is 1. The third-order valence-corrected chi connectivity index (χ3v) is 7.02. The molecule has 7 nitrogen and oxygen atoms in total. The van der Waals surface area contributed by atoms with E-state index in [0.717, 1.165) is 29.7 Å². The molecule has 0 saturated heterocycles. The Morgan fingerprint density at radius 1 is 1.20 bits per heavy atom. The molecule has 1 saturated carbocycles. The van der Waals surface area contributed by atoms with Crippen LogP contribution in [-0.2, 0) is 9.84 Å². The summed E-state index contributed by atoms with van der Waals surface area (Å²) in [4.78, 5) is 18.9. The fourth-order valence-electron chi connectivity index (χ4n) is 3.32. The molecule has 152 valence electrons. The van der Waals surface area contributed by atoms with Gasteiger partial charge >= 0.3 is 0 Å². The third-order valence-electron chi connectivity index (χ3n) is 5.00. The van der Waals surface area contributed by atoms with Gasteiger partial charge in [0, 0.05) is 17.9 Å². The predicted octanol–water partition coefficient (Wildman–Crippen LogP) is 4.48. The van der Waals surface area contributed by atoms with Crippen LogP contribution in [0, 0.1) is 0 Å². The molecule has 3 aromatic heterocycles. The number of nitrogens with zero attached hydrogens (tertiary/aromatic N) is 2. The smallest absolute Gasteiger partial charge is 0.259 e. The Kier molecular flexibility index (Phi) is 4.44. The van der Waals surface area contributed by atoms with Crippen molar-refractivity contribution in [1.82, 2.24) is 10.1 Å². The van der Waals surface area contributed by atoms with Gasteiger partial charge in [-0.05, 0) is 54.6 Å². The van der Waals surface area contributed by atoms with Gasteiger partial charge in [0.1, 0.15) is 0 Å². The van der Waals surface area contributed by atoms with Crippen molar-refractivity contribution in [3.05, 3.63) is 59.1 Å². The first-order valence-corrected chi connectivity index (χ1v) is 12.1. The number of hydrogen-bond acceptors (Lipinski definition) is 7. The normalized spacial score (nSPS) is 14.2. The Labute approximate surface area is 176 Å². The number of nitrogens with one attached hydrogen (secondary N) is 1. The number of thiophene rings is 1. The van der Waals surface area contributed by atoms with Crippen LogP contribution >= 0.6 is 11.3 Å². The molecule has 0 radical (unpaired) electrons. The van der Waals surface area contributed by atoms with E-state index in [4.69, 9.17) is 4.52 Å². The highest BCUT2D eigenvalue weighted by molar-refractivity contribution is 7.90. The molecule has 1 aliphatic rings. The van der Waals surface area contributed by atoms with Crippen LogP contribution in [0.4, 0.5) is 5.69 Å². The number of anilines is 1. The molecule has 9 heteroatoms. The first-order valence-electron chi connectivity index (χ1n) is 9.36. The van der Waals surface area contributed by atoms with Crippen molar-refractivity contribution in [2.45, 2.75) is 23.7 Å². The molecular formula is C21H17N3O4S2. The lowest BCUT2D eigenvalue weighted by Crippen LogP contribution is -2.13. The lowest BCUT2D eigenvalue weighted by atomic mass is 10.1. The van der Waals surface area contributed by atoms with E-state index in [1.807, 2.05) is 17.5 Å². The molecule has 1 aromatic carbocycles. The number of benzene rings is 1. The minimum atomic E-state index is -3.30. The minimum absolute atomic E-state index is 0.196. The lowest BCUT2D eigenvalue weighted by molar-refractivity contribution is 0.102. The standard InChI is InChI=1S/C21H17N3O4S2/c1-30(26,27)14-8-6-13(7-9-14)22-20(25)15-11-16(17-3-2-10-29-17)23-21-18(15)19(24-28-21)12-4-5-12/h2-3,6-12H,4-5H2,1H3,(H,22,25). The molecule has 1 amide bonds. The number of carbonyl (C=O) groups excluding carboxylic acids is 1. The molecule has 30 heavy (non-hydrogen) atoms. The molecule has 0 unspecified atom stereocenters. The van der Waals surface area contributed by atoms with Gasteiger partial charge in [-0.25, -0.2) is 13.4 Å². The zero-order chi connectivity index (χ0) is 20.9. The van der Waals surface area contributed by atoms with Crippen LogP contribution in [0.15, 0.2) is 57.3 Å². The van der Waals surface area contributed by atoms with Crippen molar-refractivity contribution in [3.8, 4) is 10.6 Å². The van der Waals surface area contributed by atoms with Gasteiger partial charge in [0.2, 0.25) is 0 Å². The van der Waals surface area contributed by atoms with E-state index >= 15 is 0 Å². The van der Waals surface area contributed by atoms with E-state index in [9.17, 15) is 13.2 Å². The first-order chi connectivity index (χ1) is 14.4. The van der Waals surface area contributed by atoms with E-state index in [1.54, 1.807) is 18.2 Å². The maximum absolute atomic E-state index is 13.2. The molecule has 1 N–H and O–H groups in total. The molecule has 0 aliphatic heterocycles. The van der Waals surface area contributed by atoms with E-state index < -0.39 is 9.84 Å². The third kappa shape index (κ3) is 3.50. The molecule has 0 atom stereocenters. The Balaban J connectivity index is 1.56. The molecule has 1 fully saturated rings. The summed E-state index contributed by atoms with van der Waals surface area (Å²) in [7, 11) is -3.30. The molecule has 3 heterocycles. The summed E-state index contributed by atoms with van der Waals surface area (Å²) < 4.78 is 28.8. The molecule has 0 spiro atoms. The van der Waals surface area contributed by atoms with Gasteiger partial charge in [-0.1, -0.05) is 11.2 Å². The average Bonchev–Trinajstić information content (AvgIpc) is 3.24. The van der Waals surface area contributed by atoms with Crippen molar-refractivity contribution in [2.24, 2.45) is 0 Å². The summed E-state index contributed by atoms with van der Waals surface area (Å²) in [5.41, 5.74) is 2.71. The van der Waals surface area contributed by atoms with Crippen molar-refractivity contribution >= 4 is 43.9 Å². The van der Waals surface area contributed by atoms with Gasteiger partial charge in [-0.3, -0.25) is 4.79 Å². The minimum Gasteiger partial charge on any atom is -0.335 e. The SMILES string of the molecule is CS(=O)(=O)c1ccc(NC(=O)c2cc(-c3cccs3)nc3onc(C4CC4)c23)cc1. The highest BCUT2D eigenvalue weighted by Crippen LogP contribution is 2.43. The summed E-state index contributed by atoms with van der Waals surface area (Å²) in [6.45, 7) is 0. The average molecular weight is 440 g/mol. The lowest BCUT2D eigenvalue weighted by Gasteiger charge is -2.09. The molecule has 5 rings (SSSR count). The number of hydrogen-bond donors (Lipinski definition) is 1. The van der Waals surface area contributed by atoms with E-state index in [2.05, 4.69) is 15.5 Å². The highest BCUT2D eigenvalue weighted by Gasteiger charge is 2.32. The maximum atomic E-state index is 13.2. The Hall–Kier alpha value is -3.04. The van der Waals surface area contributed by atoms with Crippen LogP contribution in [0.2, 0.25) is 0 Å². The summed E-state index contributed by atoms with van der Waals surface area (Å²) in [5.74, 6) is -0.0290. The predicted molar refractivity (Wildman–Crippen MR) is 115 cm³/mol. The van der Waals surface area contributed by atoms with Crippen LogP contribution in [0.25, 0.3) is 21.7 Å². The number of rotatable bonds is 5. The fourth-order valence-corrected chi connectivity index (χ4v) is 4.64. The summed E-state index contributed by atoms with van der Waals surface area (Å²) >= 11 is 1.53. The fraction of sp³-hybridized carbons (Fsp3) is 0.190. The van der Waals surface area contributed by atoms with E-state index in [0.29, 0.717) is 34.0 Å². The number of aromatic nitrogens is 2. The Bertz CT molecular complexity index is 1350.